The summed E-state index contributed by atoms with van der Waals surface area (Å²) in [5, 5.41) is 1.13. The second-order valence-corrected chi connectivity index (χ2v) is 8.77. The van der Waals surface area contributed by atoms with Crippen molar-refractivity contribution in [2.75, 3.05) is 19.6 Å². The summed E-state index contributed by atoms with van der Waals surface area (Å²) < 4.78 is 0. The number of nitrogens with zero attached hydrogens (tertiary/aromatic N) is 4. The van der Waals surface area contributed by atoms with Gasteiger partial charge in [0.15, 0.2) is 0 Å². The number of amides is 2. The van der Waals surface area contributed by atoms with Crippen LogP contribution in [0.5, 0.6) is 0 Å². The van der Waals surface area contributed by atoms with Crippen molar-refractivity contribution in [3.63, 3.8) is 0 Å². The highest BCUT2D eigenvalue weighted by atomic mass is 16.2. The molecular formula is C25H24N4O2. The Hall–Kier alpha value is -3.25. The third-order valence-corrected chi connectivity index (χ3v) is 6.93. The van der Waals surface area contributed by atoms with Crippen LogP contribution in [0.4, 0.5) is 0 Å². The molecule has 2 atom stereocenters. The zero-order valence-electron chi connectivity index (χ0n) is 17.3. The molecule has 2 saturated heterocycles. The van der Waals surface area contributed by atoms with Crippen molar-refractivity contribution in [3.8, 4) is 0 Å². The molecule has 2 unspecified atom stereocenters. The van der Waals surface area contributed by atoms with Gasteiger partial charge < -0.3 is 9.80 Å². The summed E-state index contributed by atoms with van der Waals surface area (Å²) in [5.41, 5.74) is 4.51. The molecule has 156 valence electrons. The van der Waals surface area contributed by atoms with E-state index in [1.54, 1.807) is 0 Å². The predicted octanol–water partition coefficient (Wildman–Crippen LogP) is 2.21. The predicted molar refractivity (Wildman–Crippen MR) is 117 cm³/mol. The minimum Gasteiger partial charge on any atom is -0.326 e. The highest BCUT2D eigenvalue weighted by molar-refractivity contribution is 5.98. The lowest BCUT2D eigenvalue weighted by molar-refractivity contribution is -0.167. The third kappa shape index (κ3) is 3.10. The van der Waals surface area contributed by atoms with Crippen LogP contribution in [0, 0.1) is 0 Å². The lowest BCUT2D eigenvalue weighted by Crippen LogP contribution is -2.70. The highest BCUT2D eigenvalue weighted by Gasteiger charge is 2.49. The maximum absolute atomic E-state index is 13.4. The van der Waals surface area contributed by atoms with Crippen molar-refractivity contribution >= 4 is 22.7 Å². The van der Waals surface area contributed by atoms with Crippen LogP contribution in [0.1, 0.15) is 16.7 Å². The Bertz CT molecular complexity index is 1190. The Balaban J connectivity index is 1.22. The number of fused-ring (bicyclic) bond motifs is 4. The van der Waals surface area contributed by atoms with Crippen LogP contribution >= 0.6 is 0 Å². The van der Waals surface area contributed by atoms with Crippen LogP contribution in [-0.2, 0) is 29.1 Å². The quantitative estimate of drug-likeness (QED) is 0.648. The standard InChI is InChI=1S/C25H24N4O2/c30-24-22-13-19-4-1-2-5-20(19)15-29(22)25(31)23-16-27(10-11-28(23)24)14-17-7-8-18-6-3-9-26-21(18)12-17/h1-9,12,22-23H,10-11,13-16H2. The molecule has 2 amide bonds. The first-order valence-electron chi connectivity index (χ1n) is 10.9. The molecule has 0 bridgehead atoms. The number of benzene rings is 2. The first-order chi connectivity index (χ1) is 15.2. The summed E-state index contributed by atoms with van der Waals surface area (Å²) in [5.74, 6) is 0.192. The molecule has 0 radical (unpaired) electrons. The van der Waals surface area contributed by atoms with Crippen molar-refractivity contribution in [3.05, 3.63) is 77.5 Å². The van der Waals surface area contributed by atoms with Crippen LogP contribution in [0.25, 0.3) is 10.9 Å². The van der Waals surface area contributed by atoms with Crippen LogP contribution in [0.2, 0.25) is 0 Å². The SMILES string of the molecule is O=C1C2Cc3ccccc3CN2C(=O)C2CN(Cc3ccc4cccnc4c3)CCN12. The number of hydrogen-bond donors (Lipinski definition) is 0. The van der Waals surface area contributed by atoms with Gasteiger partial charge in [-0.3, -0.25) is 19.5 Å². The van der Waals surface area contributed by atoms with Gasteiger partial charge in [-0.05, 0) is 28.8 Å². The van der Waals surface area contributed by atoms with Gasteiger partial charge in [-0.15, -0.1) is 0 Å². The molecule has 2 fully saturated rings. The average Bonchev–Trinajstić information content (AvgIpc) is 2.81. The van der Waals surface area contributed by atoms with Crippen LogP contribution in [0.15, 0.2) is 60.8 Å². The van der Waals surface area contributed by atoms with Gasteiger partial charge in [-0.25, -0.2) is 0 Å². The van der Waals surface area contributed by atoms with Gasteiger partial charge in [0, 0.05) is 50.7 Å². The number of carbonyl (C=O) groups excluding carboxylic acids is 2. The van der Waals surface area contributed by atoms with E-state index >= 15 is 0 Å². The fourth-order valence-corrected chi connectivity index (χ4v) is 5.28. The summed E-state index contributed by atoms with van der Waals surface area (Å²) in [6.45, 7) is 3.25. The maximum atomic E-state index is 13.4. The summed E-state index contributed by atoms with van der Waals surface area (Å²) in [4.78, 5) is 37.1. The number of aromatic nitrogens is 1. The van der Waals surface area contributed by atoms with E-state index in [9.17, 15) is 9.59 Å². The molecule has 0 aliphatic carbocycles. The van der Waals surface area contributed by atoms with E-state index in [0.29, 0.717) is 26.1 Å². The Labute approximate surface area is 181 Å². The maximum Gasteiger partial charge on any atom is 0.247 e. The molecule has 3 aliphatic heterocycles. The number of rotatable bonds is 2. The number of piperazine rings is 2. The van der Waals surface area contributed by atoms with E-state index in [2.05, 4.69) is 46.3 Å². The number of hydrogen-bond acceptors (Lipinski definition) is 4. The lowest BCUT2D eigenvalue weighted by atomic mass is 9.89. The van der Waals surface area contributed by atoms with Gasteiger partial charge in [0.05, 0.1) is 5.52 Å². The minimum absolute atomic E-state index is 0.0870. The molecule has 6 heteroatoms. The van der Waals surface area contributed by atoms with Gasteiger partial charge in [-0.2, -0.15) is 0 Å². The van der Waals surface area contributed by atoms with Gasteiger partial charge in [0.25, 0.3) is 0 Å². The van der Waals surface area contributed by atoms with E-state index in [1.807, 2.05) is 34.2 Å². The van der Waals surface area contributed by atoms with Gasteiger partial charge in [0.2, 0.25) is 11.8 Å². The average molecular weight is 412 g/mol. The van der Waals surface area contributed by atoms with Gasteiger partial charge in [0.1, 0.15) is 12.1 Å². The van der Waals surface area contributed by atoms with E-state index in [-0.39, 0.29) is 23.9 Å². The second-order valence-electron chi connectivity index (χ2n) is 8.77. The first-order valence-corrected chi connectivity index (χ1v) is 10.9. The molecule has 6 nitrogen and oxygen atoms in total. The second kappa shape index (κ2) is 7.17. The summed E-state index contributed by atoms with van der Waals surface area (Å²) in [6.07, 6.45) is 2.43. The first kappa shape index (κ1) is 18.5. The largest absolute Gasteiger partial charge is 0.326 e. The molecule has 3 aliphatic rings. The molecule has 0 N–H and O–H groups in total. The van der Waals surface area contributed by atoms with Crippen molar-refractivity contribution in [1.82, 2.24) is 19.7 Å². The fourth-order valence-electron chi connectivity index (χ4n) is 5.28. The van der Waals surface area contributed by atoms with E-state index in [0.717, 1.165) is 29.6 Å². The molecule has 6 rings (SSSR count). The van der Waals surface area contributed by atoms with Gasteiger partial charge in [-0.1, -0.05) is 42.5 Å². The Morgan fingerprint density at radius 2 is 1.71 bits per heavy atom. The van der Waals surface area contributed by atoms with Crippen LogP contribution < -0.4 is 0 Å². The number of pyridine rings is 1. The summed E-state index contributed by atoms with van der Waals surface area (Å²) in [7, 11) is 0. The van der Waals surface area contributed by atoms with Crippen LogP contribution in [0.3, 0.4) is 0 Å². The van der Waals surface area contributed by atoms with E-state index in [1.165, 1.54) is 11.1 Å². The molecule has 0 spiro atoms. The van der Waals surface area contributed by atoms with Gasteiger partial charge >= 0.3 is 0 Å². The monoisotopic (exact) mass is 412 g/mol. The van der Waals surface area contributed by atoms with E-state index < -0.39 is 0 Å². The summed E-state index contributed by atoms with van der Waals surface area (Å²) in [6, 6.07) is 17.8. The zero-order valence-corrected chi connectivity index (χ0v) is 17.3. The molecule has 0 saturated carbocycles. The van der Waals surface area contributed by atoms with Crippen molar-refractivity contribution in [2.24, 2.45) is 0 Å². The molecule has 4 heterocycles. The Morgan fingerprint density at radius 1 is 0.871 bits per heavy atom. The van der Waals surface area contributed by atoms with Crippen molar-refractivity contribution in [2.45, 2.75) is 31.6 Å². The third-order valence-electron chi connectivity index (χ3n) is 6.93. The minimum atomic E-state index is -0.388. The van der Waals surface area contributed by atoms with E-state index in [4.69, 9.17) is 0 Å². The highest BCUT2D eigenvalue weighted by Crippen LogP contribution is 2.31. The lowest BCUT2D eigenvalue weighted by Gasteiger charge is -2.50. The summed E-state index contributed by atoms with van der Waals surface area (Å²) >= 11 is 0. The molecule has 2 aromatic carbocycles. The molecular weight excluding hydrogens is 388 g/mol. The topological polar surface area (TPSA) is 56.8 Å². The normalized spacial score (nSPS) is 23.5. The fraction of sp³-hybridized carbons (Fsp3) is 0.320. The molecule has 31 heavy (non-hydrogen) atoms. The van der Waals surface area contributed by atoms with Crippen molar-refractivity contribution in [1.29, 1.82) is 0 Å². The number of carbonyl (C=O) groups is 2. The molecule has 1 aromatic heterocycles. The van der Waals surface area contributed by atoms with Crippen LogP contribution in [-0.4, -0.2) is 63.2 Å². The smallest absolute Gasteiger partial charge is 0.247 e. The Morgan fingerprint density at radius 3 is 2.61 bits per heavy atom. The Kier molecular flexibility index (Phi) is 4.28. The molecule has 3 aromatic rings. The zero-order chi connectivity index (χ0) is 20.9. The van der Waals surface area contributed by atoms with Crippen molar-refractivity contribution < 1.29 is 9.59 Å².